The highest BCUT2D eigenvalue weighted by atomic mass is 79.9. The summed E-state index contributed by atoms with van der Waals surface area (Å²) >= 11 is 1.41. The minimum absolute atomic E-state index is 0. The predicted molar refractivity (Wildman–Crippen MR) is 98.8 cm³/mol. The second-order valence-corrected chi connectivity index (χ2v) is 5.58. The number of rotatable bonds is 6. The lowest BCUT2D eigenvalue weighted by Crippen LogP contribution is -2.28. The molecule has 124 valence electrons. The Balaban J connectivity index is 0.00000264. The Hall–Kier alpha value is -1.93. The van der Waals surface area contributed by atoms with E-state index in [0.717, 1.165) is 23.4 Å². The molecule has 0 saturated heterocycles. The molecule has 0 spiro atoms. The van der Waals surface area contributed by atoms with Crippen LogP contribution in [0.25, 0.3) is 11.3 Å². The van der Waals surface area contributed by atoms with Gasteiger partial charge in [-0.2, -0.15) is 0 Å². The largest absolute Gasteiger partial charge is 0.326 e. The number of nitrogens with zero attached hydrogens (tertiary/aromatic N) is 1. The monoisotopic (exact) mass is 398 g/mol. The molecule has 0 radical (unpaired) electrons. The van der Waals surface area contributed by atoms with Gasteiger partial charge < -0.3 is 5.32 Å². The van der Waals surface area contributed by atoms with Gasteiger partial charge in [0.15, 0.2) is 0 Å². The van der Waals surface area contributed by atoms with Crippen LogP contribution in [0.5, 0.6) is 0 Å². The van der Waals surface area contributed by atoms with E-state index in [-0.39, 0.29) is 28.8 Å². The fourth-order valence-electron chi connectivity index (χ4n) is 1.80. The standard InChI is InChI=1S/C15H18N4O2S.BrH/c1-3-4-14(21)18-19-15-17-13(9-22-15)11-5-7-12(8-6-11)16-10(2)20;/h5-9H,3-4H2,1-2H3,(H,16,20)(H,17,19)(H,18,21);1H. The molecule has 3 N–H and O–H groups in total. The first-order chi connectivity index (χ1) is 10.6. The van der Waals surface area contributed by atoms with Gasteiger partial charge in [-0.25, -0.2) is 4.98 Å². The summed E-state index contributed by atoms with van der Waals surface area (Å²) in [5.41, 5.74) is 7.92. The number of halogens is 1. The molecule has 2 amide bonds. The third-order valence-corrected chi connectivity index (χ3v) is 3.55. The molecule has 1 aromatic carbocycles. The van der Waals surface area contributed by atoms with Crippen LogP contribution in [0, 0.1) is 0 Å². The summed E-state index contributed by atoms with van der Waals surface area (Å²) in [5.74, 6) is -0.158. The summed E-state index contributed by atoms with van der Waals surface area (Å²) in [6.07, 6.45) is 1.28. The number of hydrazine groups is 1. The molecule has 0 aliphatic rings. The molecule has 0 atom stereocenters. The van der Waals surface area contributed by atoms with Gasteiger partial charge in [-0.05, 0) is 18.6 Å². The van der Waals surface area contributed by atoms with Crippen molar-refractivity contribution in [3.05, 3.63) is 29.6 Å². The van der Waals surface area contributed by atoms with Gasteiger partial charge in [-0.3, -0.25) is 20.4 Å². The SMILES string of the molecule is Br.CCCC(=O)NNc1nc(-c2ccc(NC(C)=O)cc2)cs1. The summed E-state index contributed by atoms with van der Waals surface area (Å²) < 4.78 is 0. The summed E-state index contributed by atoms with van der Waals surface area (Å²) in [6, 6.07) is 7.43. The van der Waals surface area contributed by atoms with Gasteiger partial charge in [0, 0.05) is 30.0 Å². The molecule has 0 bridgehead atoms. The number of amides is 2. The smallest absolute Gasteiger partial charge is 0.238 e. The molecule has 2 aromatic rings. The number of hydrogen-bond donors (Lipinski definition) is 3. The molecule has 2 rings (SSSR count). The molecule has 1 heterocycles. The van der Waals surface area contributed by atoms with Crippen LogP contribution >= 0.6 is 28.3 Å². The van der Waals surface area contributed by atoms with Gasteiger partial charge >= 0.3 is 0 Å². The average Bonchev–Trinajstić information content (AvgIpc) is 2.94. The molecule has 0 unspecified atom stereocenters. The zero-order chi connectivity index (χ0) is 15.9. The van der Waals surface area contributed by atoms with E-state index in [1.807, 2.05) is 36.6 Å². The number of hydrogen-bond acceptors (Lipinski definition) is 5. The second kappa shape index (κ2) is 9.26. The third kappa shape index (κ3) is 5.99. The molecular weight excluding hydrogens is 380 g/mol. The number of nitrogens with one attached hydrogen (secondary N) is 3. The van der Waals surface area contributed by atoms with E-state index in [9.17, 15) is 9.59 Å². The van der Waals surface area contributed by atoms with Crippen molar-refractivity contribution in [3.63, 3.8) is 0 Å². The zero-order valence-electron chi connectivity index (χ0n) is 12.9. The molecule has 0 saturated carbocycles. The number of anilines is 2. The summed E-state index contributed by atoms with van der Waals surface area (Å²) in [7, 11) is 0. The molecule has 1 aromatic heterocycles. The Labute approximate surface area is 149 Å². The maximum absolute atomic E-state index is 11.4. The topological polar surface area (TPSA) is 83.1 Å². The highest BCUT2D eigenvalue weighted by Crippen LogP contribution is 2.25. The van der Waals surface area contributed by atoms with Crippen molar-refractivity contribution >= 4 is 51.0 Å². The van der Waals surface area contributed by atoms with Crippen molar-refractivity contribution in [1.82, 2.24) is 10.4 Å². The summed E-state index contributed by atoms with van der Waals surface area (Å²) in [5, 5.41) is 5.25. The van der Waals surface area contributed by atoms with Gasteiger partial charge in [0.2, 0.25) is 16.9 Å². The lowest BCUT2D eigenvalue weighted by molar-refractivity contribution is -0.120. The lowest BCUT2D eigenvalue weighted by Gasteiger charge is -2.04. The highest BCUT2D eigenvalue weighted by molar-refractivity contribution is 8.93. The number of thiazole rings is 1. The van der Waals surface area contributed by atoms with Crippen LogP contribution in [0.3, 0.4) is 0 Å². The van der Waals surface area contributed by atoms with Crippen LogP contribution in [-0.4, -0.2) is 16.8 Å². The Morgan fingerprint density at radius 3 is 2.52 bits per heavy atom. The van der Waals surface area contributed by atoms with E-state index in [1.54, 1.807) is 0 Å². The molecule has 8 heteroatoms. The van der Waals surface area contributed by atoms with Gasteiger partial charge in [0.25, 0.3) is 0 Å². The van der Waals surface area contributed by atoms with Crippen LogP contribution in [-0.2, 0) is 9.59 Å². The summed E-state index contributed by atoms with van der Waals surface area (Å²) in [4.78, 5) is 26.8. The van der Waals surface area contributed by atoms with E-state index in [2.05, 4.69) is 21.2 Å². The first-order valence-electron chi connectivity index (χ1n) is 6.97. The quantitative estimate of drug-likeness (QED) is 0.649. The molecule has 6 nitrogen and oxygen atoms in total. The maximum atomic E-state index is 11.4. The van der Waals surface area contributed by atoms with E-state index >= 15 is 0 Å². The number of benzene rings is 1. The van der Waals surface area contributed by atoms with Crippen molar-refractivity contribution < 1.29 is 9.59 Å². The van der Waals surface area contributed by atoms with Crippen LogP contribution < -0.4 is 16.2 Å². The first-order valence-corrected chi connectivity index (χ1v) is 7.85. The average molecular weight is 399 g/mol. The van der Waals surface area contributed by atoms with E-state index in [1.165, 1.54) is 18.3 Å². The first kappa shape index (κ1) is 19.1. The van der Waals surface area contributed by atoms with E-state index in [4.69, 9.17) is 0 Å². The van der Waals surface area contributed by atoms with Gasteiger partial charge in [0.05, 0.1) is 5.69 Å². The Kier molecular flexibility index (Phi) is 7.70. The number of carbonyl (C=O) groups excluding carboxylic acids is 2. The van der Waals surface area contributed by atoms with E-state index in [0.29, 0.717) is 11.6 Å². The normalized spacial score (nSPS) is 9.65. The Morgan fingerprint density at radius 2 is 1.91 bits per heavy atom. The minimum atomic E-state index is -0.101. The lowest BCUT2D eigenvalue weighted by atomic mass is 10.1. The molecule has 0 aliphatic carbocycles. The maximum Gasteiger partial charge on any atom is 0.238 e. The predicted octanol–water partition coefficient (Wildman–Crippen LogP) is 3.59. The minimum Gasteiger partial charge on any atom is -0.326 e. The zero-order valence-corrected chi connectivity index (χ0v) is 15.4. The van der Waals surface area contributed by atoms with Gasteiger partial charge in [0.1, 0.15) is 0 Å². The molecule has 23 heavy (non-hydrogen) atoms. The van der Waals surface area contributed by atoms with Gasteiger partial charge in [-0.1, -0.05) is 19.1 Å². The van der Waals surface area contributed by atoms with Crippen LogP contribution in [0.2, 0.25) is 0 Å². The highest BCUT2D eigenvalue weighted by Gasteiger charge is 2.06. The van der Waals surface area contributed by atoms with Crippen LogP contribution in [0.4, 0.5) is 10.8 Å². The van der Waals surface area contributed by atoms with Gasteiger partial charge in [-0.15, -0.1) is 28.3 Å². The van der Waals surface area contributed by atoms with Crippen molar-refractivity contribution in [2.75, 3.05) is 10.7 Å². The van der Waals surface area contributed by atoms with Crippen molar-refractivity contribution in [1.29, 1.82) is 0 Å². The molecule has 0 aliphatic heterocycles. The molecule has 0 fully saturated rings. The van der Waals surface area contributed by atoms with Crippen molar-refractivity contribution in [2.24, 2.45) is 0 Å². The molecular formula is C15H19BrN4O2S. The van der Waals surface area contributed by atoms with Crippen molar-refractivity contribution in [2.45, 2.75) is 26.7 Å². The summed E-state index contributed by atoms with van der Waals surface area (Å²) in [6.45, 7) is 3.42. The Bertz CT molecular complexity index is 658. The van der Waals surface area contributed by atoms with E-state index < -0.39 is 0 Å². The van der Waals surface area contributed by atoms with Crippen LogP contribution in [0.1, 0.15) is 26.7 Å². The fraction of sp³-hybridized carbons (Fsp3) is 0.267. The third-order valence-electron chi connectivity index (χ3n) is 2.79. The van der Waals surface area contributed by atoms with Crippen LogP contribution in [0.15, 0.2) is 29.6 Å². The second-order valence-electron chi connectivity index (χ2n) is 4.72. The Morgan fingerprint density at radius 1 is 1.22 bits per heavy atom. The van der Waals surface area contributed by atoms with Crippen molar-refractivity contribution in [3.8, 4) is 11.3 Å². The fourth-order valence-corrected chi connectivity index (χ4v) is 2.48. The number of aromatic nitrogens is 1. The number of carbonyl (C=O) groups is 2.